The van der Waals surface area contributed by atoms with Crippen molar-refractivity contribution in [1.82, 2.24) is 9.80 Å². The number of sulfone groups is 1. The largest absolute Gasteiger partial charge is 0.388 e. The van der Waals surface area contributed by atoms with E-state index in [1.165, 1.54) is 0 Å². The van der Waals surface area contributed by atoms with Gasteiger partial charge in [-0.2, -0.15) is 0 Å². The summed E-state index contributed by atoms with van der Waals surface area (Å²) in [7, 11) is -3.00. The summed E-state index contributed by atoms with van der Waals surface area (Å²) in [6, 6.07) is 9.55. The van der Waals surface area contributed by atoms with Crippen LogP contribution in [0.15, 0.2) is 30.3 Å². The second kappa shape index (κ2) is 8.71. The van der Waals surface area contributed by atoms with E-state index in [1.807, 2.05) is 37.3 Å². The van der Waals surface area contributed by atoms with E-state index in [-0.39, 0.29) is 29.4 Å². The third-order valence-electron chi connectivity index (χ3n) is 5.89. The molecule has 1 aromatic carbocycles. The molecule has 27 heavy (non-hydrogen) atoms. The van der Waals surface area contributed by atoms with Crippen molar-refractivity contribution < 1.29 is 18.3 Å². The molecule has 1 amide bonds. The fourth-order valence-corrected chi connectivity index (χ4v) is 6.02. The summed E-state index contributed by atoms with van der Waals surface area (Å²) < 4.78 is 23.4. The van der Waals surface area contributed by atoms with E-state index in [0.717, 1.165) is 31.5 Å². The fourth-order valence-electron chi connectivity index (χ4n) is 4.29. The van der Waals surface area contributed by atoms with Crippen molar-refractivity contribution >= 4 is 15.7 Å². The van der Waals surface area contributed by atoms with E-state index >= 15 is 0 Å². The van der Waals surface area contributed by atoms with Gasteiger partial charge >= 0.3 is 0 Å². The molecule has 1 N–H and O–H groups in total. The van der Waals surface area contributed by atoms with Crippen molar-refractivity contribution in [2.45, 2.75) is 38.3 Å². The number of benzene rings is 1. The smallest absolute Gasteiger partial charge is 0.237 e. The molecule has 2 aliphatic heterocycles. The van der Waals surface area contributed by atoms with E-state index in [1.54, 1.807) is 4.90 Å². The van der Waals surface area contributed by atoms with E-state index in [9.17, 15) is 18.3 Å². The first-order chi connectivity index (χ1) is 12.9. The molecule has 2 aliphatic rings. The number of carbonyl (C=O) groups is 1. The van der Waals surface area contributed by atoms with Crippen LogP contribution < -0.4 is 0 Å². The monoisotopic (exact) mass is 394 g/mol. The predicted molar refractivity (Wildman–Crippen MR) is 105 cm³/mol. The SMILES string of the molecule is CCN(C(=O)CN1CCC(C(O)c2ccccc2)CC1)C1CCS(=O)(=O)C1. The Balaban J connectivity index is 1.50. The number of hydrogen-bond acceptors (Lipinski definition) is 5. The van der Waals surface area contributed by atoms with Gasteiger partial charge in [-0.15, -0.1) is 0 Å². The highest BCUT2D eigenvalue weighted by molar-refractivity contribution is 7.91. The maximum atomic E-state index is 12.7. The average Bonchev–Trinajstić information content (AvgIpc) is 3.02. The van der Waals surface area contributed by atoms with Crippen LogP contribution in [0.3, 0.4) is 0 Å². The quantitative estimate of drug-likeness (QED) is 0.791. The second-order valence-electron chi connectivity index (χ2n) is 7.71. The Hall–Kier alpha value is -1.44. The number of aliphatic hydroxyl groups excluding tert-OH is 1. The number of likely N-dealkylation sites (N-methyl/N-ethyl adjacent to an activating group) is 1. The number of rotatable bonds is 6. The van der Waals surface area contributed by atoms with Gasteiger partial charge in [0.1, 0.15) is 0 Å². The lowest BCUT2D eigenvalue weighted by Crippen LogP contribution is -2.48. The van der Waals surface area contributed by atoms with Crippen LogP contribution in [0.2, 0.25) is 0 Å². The van der Waals surface area contributed by atoms with Crippen molar-refractivity contribution in [3.63, 3.8) is 0 Å². The molecule has 2 fully saturated rings. The number of piperidine rings is 1. The molecule has 0 aliphatic carbocycles. The molecule has 2 atom stereocenters. The molecule has 2 unspecified atom stereocenters. The maximum absolute atomic E-state index is 12.7. The molecule has 0 aromatic heterocycles. The summed E-state index contributed by atoms with van der Waals surface area (Å²) in [5, 5.41) is 10.6. The maximum Gasteiger partial charge on any atom is 0.237 e. The van der Waals surface area contributed by atoms with E-state index in [2.05, 4.69) is 4.90 Å². The first-order valence-electron chi connectivity index (χ1n) is 9.85. The number of likely N-dealkylation sites (tertiary alicyclic amines) is 1. The van der Waals surface area contributed by atoms with Crippen molar-refractivity contribution in [1.29, 1.82) is 0 Å². The minimum Gasteiger partial charge on any atom is -0.388 e. The Morgan fingerprint density at radius 2 is 1.89 bits per heavy atom. The van der Waals surface area contributed by atoms with Crippen molar-refractivity contribution in [2.75, 3.05) is 37.7 Å². The van der Waals surface area contributed by atoms with E-state index < -0.39 is 15.9 Å². The predicted octanol–water partition coefficient (Wildman–Crippen LogP) is 1.47. The summed E-state index contributed by atoms with van der Waals surface area (Å²) in [6.45, 7) is 4.34. The molecule has 150 valence electrons. The van der Waals surface area contributed by atoms with Gasteiger partial charge in [-0.25, -0.2) is 8.42 Å². The van der Waals surface area contributed by atoms with E-state index in [0.29, 0.717) is 19.5 Å². The zero-order valence-corrected chi connectivity index (χ0v) is 16.8. The zero-order chi connectivity index (χ0) is 19.4. The molecular weight excluding hydrogens is 364 g/mol. The van der Waals surface area contributed by atoms with Crippen LogP contribution in [-0.4, -0.2) is 73.0 Å². The Labute approximate surface area is 162 Å². The highest BCUT2D eigenvalue weighted by atomic mass is 32.2. The zero-order valence-electron chi connectivity index (χ0n) is 16.0. The van der Waals surface area contributed by atoms with Gasteiger partial charge in [0.25, 0.3) is 0 Å². The molecule has 0 saturated carbocycles. The molecule has 1 aromatic rings. The van der Waals surface area contributed by atoms with Gasteiger partial charge in [-0.3, -0.25) is 9.69 Å². The Bertz CT molecular complexity index is 730. The summed E-state index contributed by atoms with van der Waals surface area (Å²) in [5.41, 5.74) is 0.951. The van der Waals surface area contributed by atoms with Gasteiger partial charge in [0, 0.05) is 12.6 Å². The standard InChI is InChI=1S/C20H30N2O4S/c1-2-22(18-10-13-27(25,26)15-18)19(23)14-21-11-8-17(9-12-21)20(24)16-6-4-3-5-7-16/h3-7,17-18,20,24H,2,8-15H2,1H3. The van der Waals surface area contributed by atoms with Gasteiger partial charge < -0.3 is 10.0 Å². The van der Waals surface area contributed by atoms with Gasteiger partial charge in [-0.05, 0) is 50.8 Å². The molecule has 0 radical (unpaired) electrons. The number of hydrogen-bond donors (Lipinski definition) is 1. The molecule has 6 nitrogen and oxygen atoms in total. The highest BCUT2D eigenvalue weighted by Gasteiger charge is 2.35. The molecular formula is C20H30N2O4S. The molecule has 2 saturated heterocycles. The Kier molecular flexibility index (Phi) is 6.55. The van der Waals surface area contributed by atoms with E-state index in [4.69, 9.17) is 0 Å². The fraction of sp³-hybridized carbons (Fsp3) is 0.650. The van der Waals surface area contributed by atoms with Gasteiger partial charge in [0.15, 0.2) is 9.84 Å². The number of carbonyl (C=O) groups excluding carboxylic acids is 1. The van der Waals surface area contributed by atoms with Gasteiger partial charge in [0.05, 0.1) is 24.2 Å². The van der Waals surface area contributed by atoms with Crippen LogP contribution in [0, 0.1) is 5.92 Å². The number of nitrogens with zero attached hydrogens (tertiary/aromatic N) is 2. The minimum absolute atomic E-state index is 0.0154. The summed E-state index contributed by atoms with van der Waals surface area (Å²) in [6.07, 6.45) is 1.80. The number of aliphatic hydroxyl groups is 1. The van der Waals surface area contributed by atoms with Crippen LogP contribution in [0.5, 0.6) is 0 Å². The third kappa shape index (κ3) is 5.09. The lowest BCUT2D eigenvalue weighted by Gasteiger charge is -2.36. The first kappa shape index (κ1) is 20.3. The molecule has 0 spiro atoms. The van der Waals surface area contributed by atoms with Crippen LogP contribution in [0.25, 0.3) is 0 Å². The van der Waals surface area contributed by atoms with Crippen molar-refractivity contribution in [3.05, 3.63) is 35.9 Å². The molecule has 7 heteroatoms. The summed E-state index contributed by atoms with van der Waals surface area (Å²) in [4.78, 5) is 16.6. The van der Waals surface area contributed by atoms with Gasteiger partial charge in [-0.1, -0.05) is 30.3 Å². The third-order valence-corrected chi connectivity index (χ3v) is 7.64. The lowest BCUT2D eigenvalue weighted by atomic mass is 9.87. The molecule has 2 heterocycles. The molecule has 0 bridgehead atoms. The van der Waals surface area contributed by atoms with Gasteiger partial charge in [0.2, 0.25) is 5.91 Å². The van der Waals surface area contributed by atoms with Crippen LogP contribution in [0.1, 0.15) is 37.9 Å². The molecule has 3 rings (SSSR count). The lowest BCUT2D eigenvalue weighted by molar-refractivity contribution is -0.134. The average molecular weight is 395 g/mol. The Morgan fingerprint density at radius 1 is 1.22 bits per heavy atom. The normalized spacial score (nSPS) is 24.6. The Morgan fingerprint density at radius 3 is 2.44 bits per heavy atom. The van der Waals surface area contributed by atoms with Crippen molar-refractivity contribution in [2.24, 2.45) is 5.92 Å². The van der Waals surface area contributed by atoms with Crippen LogP contribution in [0.4, 0.5) is 0 Å². The topological polar surface area (TPSA) is 77.9 Å². The summed E-state index contributed by atoms with van der Waals surface area (Å²) in [5.74, 6) is 0.505. The summed E-state index contributed by atoms with van der Waals surface area (Å²) >= 11 is 0. The van der Waals surface area contributed by atoms with Crippen LogP contribution >= 0.6 is 0 Å². The first-order valence-corrected chi connectivity index (χ1v) is 11.7. The van der Waals surface area contributed by atoms with Crippen molar-refractivity contribution in [3.8, 4) is 0 Å². The van der Waals surface area contributed by atoms with Crippen LogP contribution in [-0.2, 0) is 14.6 Å². The minimum atomic E-state index is -3.00. The number of amides is 1. The second-order valence-corrected chi connectivity index (χ2v) is 9.93. The highest BCUT2D eigenvalue weighted by Crippen LogP contribution is 2.30.